The van der Waals surface area contributed by atoms with E-state index >= 15 is 0 Å². The summed E-state index contributed by atoms with van der Waals surface area (Å²) in [6, 6.07) is 6.08. The van der Waals surface area contributed by atoms with Crippen molar-refractivity contribution in [2.24, 2.45) is 0 Å². The number of nitrogens with one attached hydrogen (secondary N) is 1. The van der Waals surface area contributed by atoms with Gasteiger partial charge in [-0.1, -0.05) is 18.6 Å². The van der Waals surface area contributed by atoms with Gasteiger partial charge in [0.15, 0.2) is 0 Å². The second kappa shape index (κ2) is 6.05. The summed E-state index contributed by atoms with van der Waals surface area (Å²) in [6.07, 6.45) is 3.64. The van der Waals surface area contributed by atoms with Gasteiger partial charge in [0.25, 0.3) is 5.91 Å². The molecule has 1 fully saturated rings. The Morgan fingerprint density at radius 2 is 2.24 bits per heavy atom. The van der Waals surface area contributed by atoms with Gasteiger partial charge in [-0.05, 0) is 30.7 Å². The number of carbonyl (C=O) groups is 1. The SMILES string of the molecule is O=C(NCC1CCCCS1)c1ccccc1F. The lowest BCUT2D eigenvalue weighted by Crippen LogP contribution is -2.32. The van der Waals surface area contributed by atoms with Gasteiger partial charge >= 0.3 is 0 Å². The normalized spacial score (nSPS) is 19.9. The van der Waals surface area contributed by atoms with Crippen molar-refractivity contribution in [3.05, 3.63) is 35.6 Å². The van der Waals surface area contributed by atoms with Gasteiger partial charge in [0.1, 0.15) is 5.82 Å². The lowest BCUT2D eigenvalue weighted by atomic mass is 10.1. The van der Waals surface area contributed by atoms with Crippen LogP contribution in [0.15, 0.2) is 24.3 Å². The molecule has 92 valence electrons. The smallest absolute Gasteiger partial charge is 0.254 e. The summed E-state index contributed by atoms with van der Waals surface area (Å²) in [7, 11) is 0. The average molecular weight is 253 g/mol. The molecule has 1 atom stereocenters. The number of halogens is 1. The van der Waals surface area contributed by atoms with E-state index in [0.29, 0.717) is 11.8 Å². The molecule has 4 heteroatoms. The summed E-state index contributed by atoms with van der Waals surface area (Å²) in [5, 5.41) is 3.30. The van der Waals surface area contributed by atoms with E-state index in [1.165, 1.54) is 30.7 Å². The van der Waals surface area contributed by atoms with Crippen molar-refractivity contribution in [2.45, 2.75) is 24.5 Å². The molecule has 1 saturated heterocycles. The molecule has 0 spiro atoms. The molecule has 0 aliphatic carbocycles. The van der Waals surface area contributed by atoms with Crippen LogP contribution in [0.3, 0.4) is 0 Å². The van der Waals surface area contributed by atoms with E-state index in [1.807, 2.05) is 11.8 Å². The predicted molar refractivity (Wildman–Crippen MR) is 68.8 cm³/mol. The van der Waals surface area contributed by atoms with Gasteiger partial charge in [-0.3, -0.25) is 4.79 Å². The molecule has 1 aromatic carbocycles. The van der Waals surface area contributed by atoms with E-state index in [0.717, 1.165) is 6.42 Å². The fraction of sp³-hybridized carbons (Fsp3) is 0.462. The number of amides is 1. The second-order valence-electron chi connectivity index (χ2n) is 4.18. The van der Waals surface area contributed by atoms with Crippen LogP contribution in [0.1, 0.15) is 29.6 Å². The van der Waals surface area contributed by atoms with Crippen LogP contribution in [-0.4, -0.2) is 23.5 Å². The van der Waals surface area contributed by atoms with E-state index < -0.39 is 5.82 Å². The Morgan fingerprint density at radius 3 is 2.94 bits per heavy atom. The Kier molecular flexibility index (Phi) is 4.42. The number of benzene rings is 1. The van der Waals surface area contributed by atoms with E-state index in [2.05, 4.69) is 5.32 Å². The van der Waals surface area contributed by atoms with Crippen LogP contribution in [0.25, 0.3) is 0 Å². The molecular weight excluding hydrogens is 237 g/mol. The van der Waals surface area contributed by atoms with E-state index in [4.69, 9.17) is 0 Å². The summed E-state index contributed by atoms with van der Waals surface area (Å²) < 4.78 is 13.3. The number of thioether (sulfide) groups is 1. The first-order valence-corrected chi connectivity index (χ1v) is 6.96. The quantitative estimate of drug-likeness (QED) is 0.897. The van der Waals surface area contributed by atoms with Crippen molar-refractivity contribution in [3.63, 3.8) is 0 Å². The van der Waals surface area contributed by atoms with Gasteiger partial charge in [0.2, 0.25) is 0 Å². The maximum atomic E-state index is 13.3. The minimum atomic E-state index is -0.457. The Labute approximate surface area is 105 Å². The van der Waals surface area contributed by atoms with Crippen LogP contribution >= 0.6 is 11.8 Å². The van der Waals surface area contributed by atoms with Crippen LogP contribution in [-0.2, 0) is 0 Å². The highest BCUT2D eigenvalue weighted by Gasteiger charge is 2.16. The Balaban J connectivity index is 1.87. The summed E-state index contributed by atoms with van der Waals surface area (Å²) in [6.45, 7) is 0.637. The molecule has 1 heterocycles. The summed E-state index contributed by atoms with van der Waals surface area (Å²) in [5.74, 6) is 0.399. The highest BCUT2D eigenvalue weighted by atomic mass is 32.2. The van der Waals surface area contributed by atoms with E-state index in [-0.39, 0.29) is 11.5 Å². The molecule has 0 aromatic heterocycles. The van der Waals surface area contributed by atoms with Gasteiger partial charge < -0.3 is 5.32 Å². The molecule has 1 N–H and O–H groups in total. The first-order chi connectivity index (χ1) is 8.27. The third-order valence-corrected chi connectivity index (χ3v) is 4.28. The van der Waals surface area contributed by atoms with Crippen LogP contribution < -0.4 is 5.32 Å². The average Bonchev–Trinajstić information content (AvgIpc) is 2.38. The van der Waals surface area contributed by atoms with Crippen LogP contribution in [0.5, 0.6) is 0 Å². The Bertz CT molecular complexity index is 391. The van der Waals surface area contributed by atoms with Gasteiger partial charge in [0, 0.05) is 11.8 Å². The first-order valence-electron chi connectivity index (χ1n) is 5.91. The molecule has 1 aliphatic heterocycles. The Hall–Kier alpha value is -1.03. The maximum absolute atomic E-state index is 13.3. The van der Waals surface area contributed by atoms with Gasteiger partial charge in [0.05, 0.1) is 5.56 Å². The fourth-order valence-electron chi connectivity index (χ4n) is 1.92. The van der Waals surface area contributed by atoms with Gasteiger partial charge in [-0.15, -0.1) is 0 Å². The van der Waals surface area contributed by atoms with Crippen molar-refractivity contribution in [3.8, 4) is 0 Å². The molecule has 2 rings (SSSR count). The van der Waals surface area contributed by atoms with E-state index in [9.17, 15) is 9.18 Å². The number of carbonyl (C=O) groups excluding carboxylic acids is 1. The van der Waals surface area contributed by atoms with Crippen molar-refractivity contribution >= 4 is 17.7 Å². The van der Waals surface area contributed by atoms with E-state index in [1.54, 1.807) is 12.1 Å². The number of hydrogen-bond donors (Lipinski definition) is 1. The molecule has 0 bridgehead atoms. The lowest BCUT2D eigenvalue weighted by molar-refractivity contribution is 0.0949. The van der Waals surface area contributed by atoms with Crippen LogP contribution in [0.2, 0.25) is 0 Å². The monoisotopic (exact) mass is 253 g/mol. The number of hydrogen-bond acceptors (Lipinski definition) is 2. The molecule has 1 aromatic rings. The van der Waals surface area contributed by atoms with Crippen molar-refractivity contribution in [2.75, 3.05) is 12.3 Å². The molecule has 0 radical (unpaired) electrons. The molecule has 1 unspecified atom stereocenters. The standard InChI is InChI=1S/C13H16FNOS/c14-12-7-2-1-6-11(12)13(16)15-9-10-5-3-4-8-17-10/h1-2,6-7,10H,3-5,8-9H2,(H,15,16). The molecular formula is C13H16FNOS. The van der Waals surface area contributed by atoms with Crippen molar-refractivity contribution in [1.82, 2.24) is 5.32 Å². The topological polar surface area (TPSA) is 29.1 Å². The van der Waals surface area contributed by atoms with Crippen molar-refractivity contribution < 1.29 is 9.18 Å². The maximum Gasteiger partial charge on any atom is 0.254 e. The molecule has 17 heavy (non-hydrogen) atoms. The molecule has 2 nitrogen and oxygen atoms in total. The minimum absolute atomic E-state index is 0.133. The first kappa shape index (κ1) is 12.4. The summed E-state index contributed by atoms with van der Waals surface area (Å²) in [4.78, 5) is 11.7. The van der Waals surface area contributed by atoms with Gasteiger partial charge in [-0.25, -0.2) is 4.39 Å². The zero-order valence-electron chi connectivity index (χ0n) is 9.62. The largest absolute Gasteiger partial charge is 0.351 e. The van der Waals surface area contributed by atoms with Crippen LogP contribution in [0, 0.1) is 5.82 Å². The summed E-state index contributed by atoms with van der Waals surface area (Å²) >= 11 is 1.90. The molecule has 1 amide bonds. The third kappa shape index (κ3) is 3.46. The zero-order chi connectivity index (χ0) is 12.1. The van der Waals surface area contributed by atoms with Crippen LogP contribution in [0.4, 0.5) is 4.39 Å². The summed E-state index contributed by atoms with van der Waals surface area (Å²) in [5.41, 5.74) is 0.133. The highest BCUT2D eigenvalue weighted by Crippen LogP contribution is 2.24. The molecule has 1 aliphatic rings. The molecule has 0 saturated carbocycles. The Morgan fingerprint density at radius 1 is 1.41 bits per heavy atom. The van der Waals surface area contributed by atoms with Crippen molar-refractivity contribution in [1.29, 1.82) is 0 Å². The van der Waals surface area contributed by atoms with Gasteiger partial charge in [-0.2, -0.15) is 11.8 Å². The zero-order valence-corrected chi connectivity index (χ0v) is 10.4. The fourth-order valence-corrected chi connectivity index (χ4v) is 3.15. The minimum Gasteiger partial charge on any atom is -0.351 e. The second-order valence-corrected chi connectivity index (χ2v) is 5.59. The highest BCUT2D eigenvalue weighted by molar-refractivity contribution is 7.99. The lowest BCUT2D eigenvalue weighted by Gasteiger charge is -2.21. The third-order valence-electron chi connectivity index (χ3n) is 2.88. The predicted octanol–water partition coefficient (Wildman–Crippen LogP) is 2.84. The number of rotatable bonds is 3.